The van der Waals surface area contributed by atoms with Gasteiger partial charge in [-0.25, -0.2) is 4.98 Å². The van der Waals surface area contributed by atoms with Crippen LogP contribution < -0.4 is 5.32 Å². The van der Waals surface area contributed by atoms with Crippen molar-refractivity contribution in [2.24, 2.45) is 23.7 Å². The second-order valence-electron chi connectivity index (χ2n) is 6.94. The molecular weight excluding hydrogens is 392 g/mol. The highest BCUT2D eigenvalue weighted by Gasteiger charge is 2.67. The number of ether oxygens (including phenoxy) is 1. The van der Waals surface area contributed by atoms with E-state index >= 15 is 0 Å². The number of hydrogen-bond acceptors (Lipinski definition) is 5. The van der Waals surface area contributed by atoms with Crippen molar-refractivity contribution in [3.05, 3.63) is 23.8 Å². The van der Waals surface area contributed by atoms with E-state index < -0.39 is 0 Å². The molecule has 1 amide bonds. The first-order valence-corrected chi connectivity index (χ1v) is 9.79. The summed E-state index contributed by atoms with van der Waals surface area (Å²) in [6.45, 7) is 2.03. The highest BCUT2D eigenvalue weighted by molar-refractivity contribution is 9.09. The first kappa shape index (κ1) is 14.8. The van der Waals surface area contributed by atoms with E-state index in [0.717, 1.165) is 16.6 Å². The molecule has 2 aliphatic carbocycles. The number of fused-ring (bicyclic) bond motifs is 2. The maximum absolute atomic E-state index is 12.9. The number of aromatic nitrogens is 1. The van der Waals surface area contributed by atoms with Gasteiger partial charge >= 0.3 is 5.97 Å². The first-order valence-electron chi connectivity index (χ1n) is 8.05. The SMILES string of the molecule is Cc1ccc2nc(NC(=O)[C@@H]3[C@H]4C[C@H]5[C@H](OC(=O)[C@H]53)[C@@H]4Br)sc2c1. The fourth-order valence-electron chi connectivity index (χ4n) is 4.60. The Morgan fingerprint density at radius 3 is 3.08 bits per heavy atom. The minimum atomic E-state index is -0.320. The summed E-state index contributed by atoms with van der Waals surface area (Å²) in [6, 6.07) is 6.03. The quantitative estimate of drug-likeness (QED) is 0.614. The molecule has 5 rings (SSSR count). The van der Waals surface area contributed by atoms with Gasteiger partial charge in [0, 0.05) is 5.92 Å². The van der Waals surface area contributed by atoms with Crippen molar-refractivity contribution >= 4 is 54.5 Å². The minimum Gasteiger partial charge on any atom is -0.461 e. The lowest BCUT2D eigenvalue weighted by molar-refractivity contribution is -0.145. The Kier molecular flexibility index (Phi) is 3.10. The van der Waals surface area contributed by atoms with E-state index in [1.54, 1.807) is 0 Å². The summed E-state index contributed by atoms with van der Waals surface area (Å²) in [4.78, 5) is 29.6. The van der Waals surface area contributed by atoms with Crippen molar-refractivity contribution < 1.29 is 14.3 Å². The Morgan fingerprint density at radius 1 is 1.42 bits per heavy atom. The summed E-state index contributed by atoms with van der Waals surface area (Å²) in [5.41, 5.74) is 2.05. The van der Waals surface area contributed by atoms with Crippen LogP contribution in [0.1, 0.15) is 12.0 Å². The van der Waals surface area contributed by atoms with E-state index in [9.17, 15) is 9.59 Å². The Bertz CT molecular complexity index is 882. The normalized spacial score (nSPS) is 36.3. The average Bonchev–Trinajstić information content (AvgIpc) is 3.22. The van der Waals surface area contributed by atoms with Gasteiger partial charge in [-0.05, 0) is 37.0 Å². The third-order valence-electron chi connectivity index (χ3n) is 5.60. The maximum atomic E-state index is 12.9. The summed E-state index contributed by atoms with van der Waals surface area (Å²) >= 11 is 5.10. The number of anilines is 1. The van der Waals surface area contributed by atoms with Crippen molar-refractivity contribution in [2.45, 2.75) is 24.3 Å². The molecule has 1 saturated heterocycles. The molecule has 6 atom stereocenters. The summed E-state index contributed by atoms with van der Waals surface area (Å²) in [5.74, 6) is -0.585. The predicted molar refractivity (Wildman–Crippen MR) is 94.2 cm³/mol. The largest absolute Gasteiger partial charge is 0.461 e. The molecule has 0 unspecified atom stereocenters. The lowest BCUT2D eigenvalue weighted by Crippen LogP contribution is -2.40. The summed E-state index contributed by atoms with van der Waals surface area (Å²) in [7, 11) is 0. The monoisotopic (exact) mass is 406 g/mol. The van der Waals surface area contributed by atoms with Crippen LogP contribution in [-0.4, -0.2) is 27.8 Å². The molecule has 7 heteroatoms. The van der Waals surface area contributed by atoms with Gasteiger partial charge in [0.15, 0.2) is 5.13 Å². The van der Waals surface area contributed by atoms with Crippen LogP contribution in [0.15, 0.2) is 18.2 Å². The van der Waals surface area contributed by atoms with Gasteiger partial charge in [-0.2, -0.15) is 0 Å². The molecule has 2 bridgehead atoms. The van der Waals surface area contributed by atoms with Crippen molar-refractivity contribution in [1.82, 2.24) is 4.98 Å². The number of aryl methyl sites for hydroxylation is 1. The van der Waals surface area contributed by atoms with Crippen LogP contribution in [0.2, 0.25) is 0 Å². The summed E-state index contributed by atoms with van der Waals surface area (Å²) < 4.78 is 6.52. The number of esters is 1. The second kappa shape index (κ2) is 5.02. The molecule has 0 radical (unpaired) electrons. The number of rotatable bonds is 2. The number of carbonyl (C=O) groups is 2. The Hall–Kier alpha value is -1.47. The van der Waals surface area contributed by atoms with Crippen LogP contribution >= 0.6 is 27.3 Å². The van der Waals surface area contributed by atoms with Gasteiger partial charge in [-0.15, -0.1) is 0 Å². The number of halogens is 1. The maximum Gasteiger partial charge on any atom is 0.310 e. The zero-order valence-corrected chi connectivity index (χ0v) is 15.3. The lowest BCUT2D eigenvalue weighted by atomic mass is 9.79. The van der Waals surface area contributed by atoms with Gasteiger partial charge in [-0.3, -0.25) is 9.59 Å². The second-order valence-corrected chi connectivity index (χ2v) is 9.03. The zero-order chi connectivity index (χ0) is 16.6. The molecule has 1 N–H and O–H groups in total. The molecule has 124 valence electrons. The Labute approximate surface area is 150 Å². The topological polar surface area (TPSA) is 68.3 Å². The summed E-state index contributed by atoms with van der Waals surface area (Å²) in [6.07, 6.45) is 0.829. The van der Waals surface area contributed by atoms with E-state index in [1.165, 1.54) is 16.9 Å². The van der Waals surface area contributed by atoms with Gasteiger partial charge < -0.3 is 10.1 Å². The number of nitrogens with zero attached hydrogens (tertiary/aromatic N) is 1. The summed E-state index contributed by atoms with van der Waals surface area (Å²) in [5, 5.41) is 3.54. The minimum absolute atomic E-state index is 0.0537. The van der Waals surface area contributed by atoms with Gasteiger partial charge in [0.05, 0.1) is 26.9 Å². The molecule has 24 heavy (non-hydrogen) atoms. The molecule has 2 saturated carbocycles. The molecule has 2 heterocycles. The third kappa shape index (κ3) is 1.94. The average molecular weight is 407 g/mol. The molecule has 1 aliphatic heterocycles. The van der Waals surface area contributed by atoms with Crippen LogP contribution in [0.4, 0.5) is 5.13 Å². The van der Waals surface area contributed by atoms with Gasteiger partial charge in [0.25, 0.3) is 0 Å². The van der Waals surface area contributed by atoms with Gasteiger partial charge in [-0.1, -0.05) is 33.3 Å². The van der Waals surface area contributed by atoms with Gasteiger partial charge in [0.1, 0.15) is 6.10 Å². The van der Waals surface area contributed by atoms with Crippen LogP contribution in [0.25, 0.3) is 10.2 Å². The first-order chi connectivity index (χ1) is 11.5. The van der Waals surface area contributed by atoms with Crippen LogP contribution in [0.5, 0.6) is 0 Å². The van der Waals surface area contributed by atoms with E-state index in [1.807, 2.05) is 19.1 Å². The van der Waals surface area contributed by atoms with Crippen molar-refractivity contribution in [3.8, 4) is 0 Å². The van der Waals surface area contributed by atoms with E-state index in [2.05, 4.69) is 32.3 Å². The number of alkyl halides is 1. The number of nitrogens with one attached hydrogen (secondary N) is 1. The molecule has 2 aromatic rings. The van der Waals surface area contributed by atoms with E-state index in [-0.39, 0.29) is 46.5 Å². The lowest BCUT2D eigenvalue weighted by Gasteiger charge is -2.27. The zero-order valence-electron chi connectivity index (χ0n) is 12.9. The third-order valence-corrected chi connectivity index (χ3v) is 7.73. The molecule has 1 aromatic heterocycles. The molecule has 5 nitrogen and oxygen atoms in total. The van der Waals surface area contributed by atoms with Gasteiger partial charge in [0.2, 0.25) is 5.91 Å². The standard InChI is InChI=1S/C17H15BrN2O3S/c1-6-2-3-9-10(4-6)24-17(19-9)20-15(21)11-7-5-8-12(11)16(22)23-14(8)13(7)18/h2-4,7-8,11-14H,5H2,1H3,(H,19,20,21)/t7-,8-,11-,12-,13-,14+/m1/s1. The highest BCUT2D eigenvalue weighted by Crippen LogP contribution is 2.60. The van der Waals surface area contributed by atoms with Crippen molar-refractivity contribution in [1.29, 1.82) is 0 Å². The predicted octanol–water partition coefficient (Wildman–Crippen LogP) is 3.11. The van der Waals surface area contributed by atoms with Crippen LogP contribution in [-0.2, 0) is 14.3 Å². The fraction of sp³-hybridized carbons (Fsp3) is 0.471. The highest BCUT2D eigenvalue weighted by atomic mass is 79.9. The van der Waals surface area contributed by atoms with Crippen LogP contribution in [0.3, 0.4) is 0 Å². The smallest absolute Gasteiger partial charge is 0.310 e. The number of amides is 1. The Morgan fingerprint density at radius 2 is 2.25 bits per heavy atom. The fourth-order valence-corrected chi connectivity index (χ4v) is 6.62. The van der Waals surface area contributed by atoms with E-state index in [4.69, 9.17) is 4.74 Å². The number of thiazole rings is 1. The molecule has 3 fully saturated rings. The number of hydrogen-bond donors (Lipinski definition) is 1. The van der Waals surface area contributed by atoms with E-state index in [0.29, 0.717) is 5.13 Å². The number of carbonyl (C=O) groups excluding carboxylic acids is 2. The Balaban J connectivity index is 1.43. The van der Waals surface area contributed by atoms with Crippen molar-refractivity contribution in [2.75, 3.05) is 5.32 Å². The number of benzene rings is 1. The van der Waals surface area contributed by atoms with Crippen LogP contribution in [0, 0.1) is 30.6 Å². The molecule has 1 aromatic carbocycles. The molecule has 3 aliphatic rings. The van der Waals surface area contributed by atoms with Crippen molar-refractivity contribution in [3.63, 3.8) is 0 Å². The molecular formula is C17H15BrN2O3S. The molecule has 0 spiro atoms.